The molecule has 0 radical (unpaired) electrons. The van der Waals surface area contributed by atoms with Gasteiger partial charge in [-0.15, -0.1) is 0 Å². The Hall–Kier alpha value is -0.200. The Morgan fingerprint density at radius 3 is 1.90 bits per heavy atom. The average Bonchev–Trinajstić information content (AvgIpc) is 2.48. The second kappa shape index (κ2) is 12.5. The maximum atomic E-state index is 5.83. The number of hydrogen-bond donors (Lipinski definition) is 0. The molecular formula is C15H32O5. The van der Waals surface area contributed by atoms with Crippen LogP contribution in [0.25, 0.3) is 0 Å². The molecule has 0 aromatic carbocycles. The van der Waals surface area contributed by atoms with Crippen molar-refractivity contribution < 1.29 is 23.7 Å². The van der Waals surface area contributed by atoms with Gasteiger partial charge in [-0.05, 0) is 6.42 Å². The first-order chi connectivity index (χ1) is 9.70. The summed E-state index contributed by atoms with van der Waals surface area (Å²) in [6, 6.07) is 0. The fourth-order valence-electron chi connectivity index (χ4n) is 2.21. The molecule has 0 saturated heterocycles. The molecule has 5 heteroatoms. The van der Waals surface area contributed by atoms with Crippen LogP contribution in [0.15, 0.2) is 0 Å². The quantitative estimate of drug-likeness (QED) is 0.364. The number of ether oxygens (including phenoxy) is 5. The van der Waals surface area contributed by atoms with Crippen LogP contribution >= 0.6 is 0 Å². The van der Waals surface area contributed by atoms with Crippen molar-refractivity contribution in [2.45, 2.75) is 57.5 Å². The molecule has 122 valence electrons. The summed E-state index contributed by atoms with van der Waals surface area (Å²) in [6.07, 6.45) is 6.59. The van der Waals surface area contributed by atoms with E-state index in [1.54, 1.807) is 28.4 Å². The van der Waals surface area contributed by atoms with E-state index in [9.17, 15) is 0 Å². The fraction of sp³-hybridized carbons (Fsp3) is 1.00. The van der Waals surface area contributed by atoms with Crippen LogP contribution in [0.5, 0.6) is 0 Å². The predicted octanol–water partition coefficient (Wildman–Crippen LogP) is 2.97. The van der Waals surface area contributed by atoms with Crippen LogP contribution in [-0.2, 0) is 23.7 Å². The van der Waals surface area contributed by atoms with Gasteiger partial charge in [-0.1, -0.05) is 39.0 Å². The molecule has 0 rings (SSSR count). The largest absolute Gasteiger partial charge is 0.382 e. The van der Waals surface area contributed by atoms with Gasteiger partial charge in [0.05, 0.1) is 13.2 Å². The van der Waals surface area contributed by atoms with Crippen molar-refractivity contribution in [3.05, 3.63) is 0 Å². The molecule has 1 unspecified atom stereocenters. The highest BCUT2D eigenvalue weighted by atomic mass is 16.9. The number of methoxy groups -OCH3 is 4. The number of rotatable bonds is 14. The summed E-state index contributed by atoms with van der Waals surface area (Å²) in [5.74, 6) is -1.14. The molecule has 0 N–H and O–H groups in total. The van der Waals surface area contributed by atoms with Crippen LogP contribution in [0, 0.1) is 0 Å². The molecule has 0 aliphatic carbocycles. The third-order valence-corrected chi connectivity index (χ3v) is 3.42. The summed E-state index contributed by atoms with van der Waals surface area (Å²) in [7, 11) is 6.35. The molecule has 0 amide bonds. The Labute approximate surface area is 123 Å². The van der Waals surface area contributed by atoms with Crippen LogP contribution in [0.2, 0.25) is 0 Å². The number of unbranched alkanes of at least 4 members (excludes halogenated alkanes) is 4. The van der Waals surface area contributed by atoms with Gasteiger partial charge in [0.15, 0.2) is 0 Å². The van der Waals surface area contributed by atoms with Gasteiger partial charge in [-0.25, -0.2) is 0 Å². The van der Waals surface area contributed by atoms with Crippen molar-refractivity contribution >= 4 is 0 Å². The summed E-state index contributed by atoms with van der Waals surface area (Å²) >= 11 is 0. The van der Waals surface area contributed by atoms with Crippen molar-refractivity contribution in [3.8, 4) is 0 Å². The van der Waals surface area contributed by atoms with E-state index in [4.69, 9.17) is 23.7 Å². The van der Waals surface area contributed by atoms with E-state index in [0.717, 1.165) is 12.8 Å². The maximum absolute atomic E-state index is 5.83. The first-order valence-corrected chi connectivity index (χ1v) is 7.46. The first kappa shape index (κ1) is 19.8. The van der Waals surface area contributed by atoms with Crippen LogP contribution in [-0.4, -0.2) is 53.7 Å². The van der Waals surface area contributed by atoms with E-state index in [1.807, 2.05) is 0 Å². The second-order valence-corrected chi connectivity index (χ2v) is 4.77. The Balaban J connectivity index is 4.37. The molecule has 1 atom stereocenters. The van der Waals surface area contributed by atoms with Crippen molar-refractivity contribution in [1.29, 1.82) is 0 Å². The SMILES string of the molecule is CCCCCCCC(OCCOC)C(OC)(OC)OC. The molecule has 0 heterocycles. The van der Waals surface area contributed by atoms with E-state index < -0.39 is 5.97 Å². The lowest BCUT2D eigenvalue weighted by molar-refractivity contribution is -0.394. The zero-order valence-electron chi connectivity index (χ0n) is 13.8. The van der Waals surface area contributed by atoms with Gasteiger partial charge in [0.25, 0.3) is 0 Å². The van der Waals surface area contributed by atoms with Gasteiger partial charge in [-0.2, -0.15) is 0 Å². The Bertz CT molecular complexity index is 198. The zero-order valence-corrected chi connectivity index (χ0v) is 13.8. The van der Waals surface area contributed by atoms with Crippen molar-refractivity contribution in [2.75, 3.05) is 41.7 Å². The lowest BCUT2D eigenvalue weighted by atomic mass is 10.1. The molecule has 0 aromatic rings. The summed E-state index contributed by atoms with van der Waals surface area (Å²) in [4.78, 5) is 0. The van der Waals surface area contributed by atoms with Crippen LogP contribution < -0.4 is 0 Å². The van der Waals surface area contributed by atoms with E-state index in [-0.39, 0.29) is 6.10 Å². The molecule has 0 saturated carbocycles. The van der Waals surface area contributed by atoms with Gasteiger partial charge in [0.2, 0.25) is 0 Å². The van der Waals surface area contributed by atoms with E-state index >= 15 is 0 Å². The van der Waals surface area contributed by atoms with Crippen LogP contribution in [0.3, 0.4) is 0 Å². The third kappa shape index (κ3) is 6.99. The smallest absolute Gasteiger partial charge is 0.310 e. The Morgan fingerprint density at radius 2 is 1.40 bits per heavy atom. The summed E-state index contributed by atoms with van der Waals surface area (Å²) in [6.45, 7) is 3.25. The average molecular weight is 292 g/mol. The van der Waals surface area contributed by atoms with Gasteiger partial charge in [0, 0.05) is 28.4 Å². The molecule has 0 aromatic heterocycles. The van der Waals surface area contributed by atoms with Gasteiger partial charge in [0.1, 0.15) is 6.10 Å². The standard InChI is InChI=1S/C15H32O5/c1-6-7-8-9-10-11-14(20-13-12-16-2)15(17-3,18-4)19-5/h14H,6-13H2,1-5H3. The minimum absolute atomic E-state index is 0.265. The monoisotopic (exact) mass is 292 g/mol. The highest BCUT2D eigenvalue weighted by Crippen LogP contribution is 2.25. The molecule has 5 nitrogen and oxygen atoms in total. The Morgan fingerprint density at radius 1 is 0.800 bits per heavy atom. The summed E-state index contributed by atoms with van der Waals surface area (Å²) in [5, 5.41) is 0. The van der Waals surface area contributed by atoms with Crippen LogP contribution in [0.1, 0.15) is 45.4 Å². The number of hydrogen-bond acceptors (Lipinski definition) is 5. The molecule has 0 aliphatic rings. The van der Waals surface area contributed by atoms with Crippen LogP contribution in [0.4, 0.5) is 0 Å². The predicted molar refractivity (Wildman–Crippen MR) is 78.8 cm³/mol. The molecule has 20 heavy (non-hydrogen) atoms. The van der Waals surface area contributed by atoms with Gasteiger partial charge >= 0.3 is 5.97 Å². The lowest BCUT2D eigenvalue weighted by Gasteiger charge is -2.36. The summed E-state index contributed by atoms with van der Waals surface area (Å²) in [5.41, 5.74) is 0. The molecule has 0 bridgehead atoms. The first-order valence-electron chi connectivity index (χ1n) is 7.46. The van der Waals surface area contributed by atoms with Crippen molar-refractivity contribution in [3.63, 3.8) is 0 Å². The van der Waals surface area contributed by atoms with Gasteiger partial charge < -0.3 is 23.7 Å². The topological polar surface area (TPSA) is 46.2 Å². The fourth-order valence-corrected chi connectivity index (χ4v) is 2.21. The molecule has 0 fully saturated rings. The van der Waals surface area contributed by atoms with Crippen molar-refractivity contribution in [1.82, 2.24) is 0 Å². The minimum Gasteiger partial charge on any atom is -0.382 e. The second-order valence-electron chi connectivity index (χ2n) is 4.77. The third-order valence-electron chi connectivity index (χ3n) is 3.42. The van der Waals surface area contributed by atoms with Gasteiger partial charge in [-0.3, -0.25) is 0 Å². The maximum Gasteiger partial charge on any atom is 0.310 e. The highest BCUT2D eigenvalue weighted by Gasteiger charge is 2.40. The van der Waals surface area contributed by atoms with E-state index in [0.29, 0.717) is 13.2 Å². The Kier molecular flexibility index (Phi) is 12.4. The van der Waals surface area contributed by atoms with E-state index in [1.165, 1.54) is 25.7 Å². The van der Waals surface area contributed by atoms with E-state index in [2.05, 4.69) is 6.92 Å². The zero-order chi connectivity index (χ0) is 15.3. The molecule has 0 aliphatic heterocycles. The summed E-state index contributed by atoms with van der Waals surface area (Å²) < 4.78 is 27.0. The molecular weight excluding hydrogens is 260 g/mol. The minimum atomic E-state index is -1.14. The normalized spacial score (nSPS) is 13.7. The van der Waals surface area contributed by atoms with Crippen molar-refractivity contribution in [2.24, 2.45) is 0 Å². The molecule has 0 spiro atoms. The highest BCUT2D eigenvalue weighted by molar-refractivity contribution is 4.71. The lowest BCUT2D eigenvalue weighted by Crippen LogP contribution is -2.49.